The highest BCUT2D eigenvalue weighted by atomic mass is 35.5. The molecule has 210 valence electrons. The Morgan fingerprint density at radius 2 is 1.85 bits per heavy atom. The molecule has 2 aromatic carbocycles. The van der Waals surface area contributed by atoms with E-state index < -0.39 is 15.1 Å². The van der Waals surface area contributed by atoms with Gasteiger partial charge in [0.05, 0.1) is 52.4 Å². The zero-order valence-corrected chi connectivity index (χ0v) is 24.1. The van der Waals surface area contributed by atoms with Gasteiger partial charge in [0.25, 0.3) is 0 Å². The standard InChI is InChI=1S/C27H31ClN8O3S/c1-18(2)40(37,38)25-9-5-4-8-23(25)30-26-21(28)15-29-27(32-26)31-22-11-10-20(14-24(22)39-3)36-17-19(33-34-36)16-35-12-6-7-13-35/h4-5,8-11,14-15,17-18H,6-7,12-13,16H2,1-3H3,(H2,29,30,31,32). The molecular weight excluding hydrogens is 552 g/mol. The number of para-hydroxylation sites is 1. The van der Waals surface area contributed by atoms with Gasteiger partial charge in [-0.05, 0) is 64.0 Å². The molecule has 1 saturated heterocycles. The summed E-state index contributed by atoms with van der Waals surface area (Å²) in [4.78, 5) is 11.3. The Kier molecular flexibility index (Phi) is 8.19. The van der Waals surface area contributed by atoms with Crippen molar-refractivity contribution in [3.05, 3.63) is 65.6 Å². The van der Waals surface area contributed by atoms with Gasteiger partial charge in [-0.3, -0.25) is 4.90 Å². The lowest BCUT2D eigenvalue weighted by Crippen LogP contribution is -2.18. The molecule has 0 bridgehead atoms. The summed E-state index contributed by atoms with van der Waals surface area (Å²) >= 11 is 6.37. The van der Waals surface area contributed by atoms with Crippen molar-refractivity contribution < 1.29 is 13.2 Å². The lowest BCUT2D eigenvalue weighted by Gasteiger charge is -2.16. The predicted molar refractivity (Wildman–Crippen MR) is 155 cm³/mol. The van der Waals surface area contributed by atoms with E-state index in [1.165, 1.54) is 19.0 Å². The number of hydrogen-bond donors (Lipinski definition) is 2. The van der Waals surface area contributed by atoms with Gasteiger partial charge < -0.3 is 15.4 Å². The fourth-order valence-electron chi connectivity index (χ4n) is 4.43. The van der Waals surface area contributed by atoms with Crippen molar-refractivity contribution in [2.24, 2.45) is 0 Å². The molecule has 0 radical (unpaired) electrons. The van der Waals surface area contributed by atoms with Crippen molar-refractivity contribution in [3.8, 4) is 11.4 Å². The van der Waals surface area contributed by atoms with Crippen molar-refractivity contribution >= 4 is 44.6 Å². The van der Waals surface area contributed by atoms with Crippen LogP contribution in [0.2, 0.25) is 5.02 Å². The number of sulfone groups is 1. The van der Waals surface area contributed by atoms with Gasteiger partial charge in [0.2, 0.25) is 5.95 Å². The van der Waals surface area contributed by atoms with Crippen LogP contribution in [0.3, 0.4) is 0 Å². The highest BCUT2D eigenvalue weighted by Crippen LogP contribution is 2.32. The number of ether oxygens (including phenoxy) is 1. The van der Waals surface area contributed by atoms with Crippen LogP contribution in [0.15, 0.2) is 59.8 Å². The van der Waals surface area contributed by atoms with Gasteiger partial charge in [-0.25, -0.2) is 18.1 Å². The Bertz CT molecular complexity index is 1600. The van der Waals surface area contributed by atoms with E-state index in [0.29, 0.717) is 17.1 Å². The summed E-state index contributed by atoms with van der Waals surface area (Å²) in [6, 6.07) is 12.2. The van der Waals surface area contributed by atoms with E-state index in [-0.39, 0.29) is 21.7 Å². The third-order valence-electron chi connectivity index (χ3n) is 6.63. The molecule has 1 fully saturated rings. The molecule has 2 aromatic heterocycles. The maximum atomic E-state index is 12.9. The Balaban J connectivity index is 1.36. The number of hydrogen-bond acceptors (Lipinski definition) is 10. The number of nitrogens with zero attached hydrogens (tertiary/aromatic N) is 6. The molecule has 0 unspecified atom stereocenters. The van der Waals surface area contributed by atoms with Gasteiger partial charge in [0.15, 0.2) is 15.7 Å². The van der Waals surface area contributed by atoms with E-state index in [2.05, 4.69) is 35.8 Å². The minimum Gasteiger partial charge on any atom is -0.494 e. The van der Waals surface area contributed by atoms with E-state index in [4.69, 9.17) is 16.3 Å². The summed E-state index contributed by atoms with van der Waals surface area (Å²) < 4.78 is 33.1. The molecule has 3 heterocycles. The zero-order chi connectivity index (χ0) is 28.3. The van der Waals surface area contributed by atoms with Crippen LogP contribution in [-0.2, 0) is 16.4 Å². The average molecular weight is 583 g/mol. The molecule has 11 nitrogen and oxygen atoms in total. The van der Waals surface area contributed by atoms with Crippen LogP contribution >= 0.6 is 11.6 Å². The molecule has 40 heavy (non-hydrogen) atoms. The summed E-state index contributed by atoms with van der Waals surface area (Å²) in [5.74, 6) is 1.06. The first-order valence-electron chi connectivity index (χ1n) is 13.0. The highest BCUT2D eigenvalue weighted by molar-refractivity contribution is 7.92. The van der Waals surface area contributed by atoms with E-state index in [9.17, 15) is 8.42 Å². The maximum absolute atomic E-state index is 12.9. The van der Waals surface area contributed by atoms with Crippen molar-refractivity contribution in [1.82, 2.24) is 29.9 Å². The van der Waals surface area contributed by atoms with Crippen LogP contribution in [0.1, 0.15) is 32.4 Å². The highest BCUT2D eigenvalue weighted by Gasteiger charge is 2.23. The number of aromatic nitrogens is 5. The van der Waals surface area contributed by atoms with Gasteiger partial charge in [-0.1, -0.05) is 28.9 Å². The second-order valence-electron chi connectivity index (χ2n) is 9.75. The zero-order valence-electron chi connectivity index (χ0n) is 22.5. The lowest BCUT2D eigenvalue weighted by molar-refractivity contribution is 0.327. The van der Waals surface area contributed by atoms with Gasteiger partial charge >= 0.3 is 0 Å². The minimum absolute atomic E-state index is 0.170. The van der Waals surface area contributed by atoms with Crippen molar-refractivity contribution in [2.75, 3.05) is 30.8 Å². The topological polar surface area (TPSA) is 127 Å². The molecule has 13 heteroatoms. The fourth-order valence-corrected chi connectivity index (χ4v) is 5.77. The first-order valence-corrected chi connectivity index (χ1v) is 14.9. The summed E-state index contributed by atoms with van der Waals surface area (Å²) in [5, 5.41) is 14.5. The fraction of sp³-hybridized carbons (Fsp3) is 0.333. The Morgan fingerprint density at radius 1 is 1.07 bits per heavy atom. The summed E-state index contributed by atoms with van der Waals surface area (Å²) in [6.45, 7) is 6.25. The number of benzene rings is 2. The first-order chi connectivity index (χ1) is 19.2. The molecule has 5 rings (SSSR count). The van der Waals surface area contributed by atoms with Gasteiger partial charge in [-0.15, -0.1) is 5.10 Å². The third kappa shape index (κ3) is 6.03. The summed E-state index contributed by atoms with van der Waals surface area (Å²) in [6.07, 6.45) is 5.82. The van der Waals surface area contributed by atoms with Gasteiger partial charge in [0, 0.05) is 12.6 Å². The van der Waals surface area contributed by atoms with E-state index >= 15 is 0 Å². The number of nitrogens with one attached hydrogen (secondary N) is 2. The van der Waals surface area contributed by atoms with Crippen molar-refractivity contribution in [2.45, 2.75) is 43.4 Å². The number of likely N-dealkylation sites (tertiary alicyclic amines) is 1. The largest absolute Gasteiger partial charge is 0.494 e. The average Bonchev–Trinajstić information content (AvgIpc) is 3.64. The van der Waals surface area contributed by atoms with Crippen LogP contribution < -0.4 is 15.4 Å². The summed E-state index contributed by atoms with van der Waals surface area (Å²) in [7, 11) is -1.96. The molecule has 0 saturated carbocycles. The van der Waals surface area contributed by atoms with Crippen LogP contribution in [0.4, 0.5) is 23.1 Å². The maximum Gasteiger partial charge on any atom is 0.229 e. The Morgan fingerprint density at radius 3 is 2.60 bits per heavy atom. The SMILES string of the molecule is COc1cc(-n2cc(CN3CCCC3)nn2)ccc1Nc1ncc(Cl)c(Nc2ccccc2S(=O)(=O)C(C)C)n1. The monoisotopic (exact) mass is 582 g/mol. The molecule has 1 aliphatic heterocycles. The quantitative estimate of drug-likeness (QED) is 0.264. The van der Waals surface area contributed by atoms with Crippen LogP contribution in [0.25, 0.3) is 5.69 Å². The second kappa shape index (κ2) is 11.8. The molecule has 1 aliphatic rings. The lowest BCUT2D eigenvalue weighted by atomic mass is 10.2. The normalized spacial score (nSPS) is 14.0. The molecular formula is C27H31ClN8O3S. The van der Waals surface area contributed by atoms with Crippen molar-refractivity contribution in [1.29, 1.82) is 0 Å². The third-order valence-corrected chi connectivity index (χ3v) is 9.12. The van der Waals surface area contributed by atoms with Crippen LogP contribution in [0, 0.1) is 0 Å². The molecule has 0 spiro atoms. The number of anilines is 4. The molecule has 2 N–H and O–H groups in total. The molecule has 0 amide bonds. The number of halogens is 1. The predicted octanol–water partition coefficient (Wildman–Crippen LogP) is 4.98. The number of methoxy groups -OCH3 is 1. The van der Waals surface area contributed by atoms with E-state index in [0.717, 1.165) is 31.0 Å². The van der Waals surface area contributed by atoms with Crippen LogP contribution in [0.5, 0.6) is 5.75 Å². The van der Waals surface area contributed by atoms with E-state index in [1.54, 1.807) is 49.9 Å². The van der Waals surface area contributed by atoms with E-state index in [1.807, 2.05) is 24.4 Å². The van der Waals surface area contributed by atoms with Crippen LogP contribution in [-0.4, -0.2) is 63.7 Å². The van der Waals surface area contributed by atoms with Crippen molar-refractivity contribution in [3.63, 3.8) is 0 Å². The summed E-state index contributed by atoms with van der Waals surface area (Å²) in [5.41, 5.74) is 2.71. The Hall–Kier alpha value is -3.74. The first kappa shape index (κ1) is 27.8. The smallest absolute Gasteiger partial charge is 0.229 e. The molecule has 4 aromatic rings. The van der Waals surface area contributed by atoms with Gasteiger partial charge in [-0.2, -0.15) is 4.98 Å². The molecule has 0 atom stereocenters. The number of rotatable bonds is 10. The minimum atomic E-state index is -3.54. The molecule has 0 aliphatic carbocycles. The Labute approximate surface area is 238 Å². The van der Waals surface area contributed by atoms with Gasteiger partial charge in [0.1, 0.15) is 10.8 Å². The second-order valence-corrected chi connectivity index (χ2v) is 12.6.